The summed E-state index contributed by atoms with van der Waals surface area (Å²) in [5.74, 6) is -0.128. The van der Waals surface area contributed by atoms with Gasteiger partial charge in [-0.15, -0.1) is 0 Å². The molecular formula is C15H14N4O2. The highest BCUT2D eigenvalue weighted by atomic mass is 16.4. The van der Waals surface area contributed by atoms with Crippen LogP contribution in [0.25, 0.3) is 22.6 Å². The van der Waals surface area contributed by atoms with Crippen LogP contribution in [-0.4, -0.2) is 30.6 Å². The zero-order valence-corrected chi connectivity index (χ0v) is 11.5. The number of hydrogen-bond acceptors (Lipinski definition) is 4. The van der Waals surface area contributed by atoms with Crippen LogP contribution in [0.2, 0.25) is 0 Å². The van der Waals surface area contributed by atoms with Gasteiger partial charge in [-0.3, -0.25) is 9.78 Å². The number of carboxylic acids is 1. The van der Waals surface area contributed by atoms with E-state index in [0.717, 1.165) is 16.6 Å². The van der Waals surface area contributed by atoms with Gasteiger partial charge in [-0.05, 0) is 30.7 Å². The van der Waals surface area contributed by atoms with Gasteiger partial charge >= 0.3 is 5.97 Å². The van der Waals surface area contributed by atoms with Crippen LogP contribution < -0.4 is 0 Å². The van der Waals surface area contributed by atoms with E-state index < -0.39 is 5.97 Å². The van der Waals surface area contributed by atoms with Crippen LogP contribution >= 0.6 is 0 Å². The highest BCUT2D eigenvalue weighted by Crippen LogP contribution is 2.24. The van der Waals surface area contributed by atoms with Crippen molar-refractivity contribution in [3.05, 3.63) is 42.4 Å². The fourth-order valence-electron chi connectivity index (χ4n) is 2.25. The number of fused-ring (bicyclic) bond motifs is 1. The van der Waals surface area contributed by atoms with Gasteiger partial charge in [-0.2, -0.15) is 0 Å². The third kappa shape index (κ3) is 2.60. The number of pyridine rings is 2. The van der Waals surface area contributed by atoms with E-state index in [4.69, 9.17) is 5.11 Å². The molecule has 0 radical (unpaired) electrons. The Labute approximate surface area is 121 Å². The Kier molecular flexibility index (Phi) is 3.35. The molecule has 0 fully saturated rings. The fraction of sp³-hybridized carbons (Fsp3) is 0.200. The lowest BCUT2D eigenvalue weighted by atomic mass is 10.2. The van der Waals surface area contributed by atoms with Crippen molar-refractivity contribution in [2.24, 2.45) is 0 Å². The molecule has 3 aromatic rings. The summed E-state index contributed by atoms with van der Waals surface area (Å²) in [7, 11) is 0. The maximum Gasteiger partial charge on any atom is 0.305 e. The summed E-state index contributed by atoms with van der Waals surface area (Å²) in [5.41, 5.74) is 3.39. The van der Waals surface area contributed by atoms with E-state index >= 15 is 0 Å². The summed E-state index contributed by atoms with van der Waals surface area (Å²) in [6, 6.07) is 5.65. The Bertz CT molecular complexity index is 796. The van der Waals surface area contributed by atoms with E-state index in [9.17, 15) is 4.79 Å². The first-order valence-electron chi connectivity index (χ1n) is 6.60. The van der Waals surface area contributed by atoms with Gasteiger partial charge in [-0.1, -0.05) is 0 Å². The van der Waals surface area contributed by atoms with Crippen LogP contribution in [0.5, 0.6) is 0 Å². The van der Waals surface area contributed by atoms with E-state index in [0.29, 0.717) is 18.0 Å². The molecule has 0 unspecified atom stereocenters. The second-order valence-corrected chi connectivity index (χ2v) is 4.82. The summed E-state index contributed by atoms with van der Waals surface area (Å²) >= 11 is 0. The molecule has 0 saturated carbocycles. The molecule has 0 spiro atoms. The largest absolute Gasteiger partial charge is 0.481 e. The van der Waals surface area contributed by atoms with Crippen molar-refractivity contribution in [1.29, 1.82) is 0 Å². The number of aryl methyl sites for hydroxylation is 2. The molecule has 0 aliphatic rings. The van der Waals surface area contributed by atoms with Crippen molar-refractivity contribution < 1.29 is 9.90 Å². The van der Waals surface area contributed by atoms with Crippen molar-refractivity contribution in [3.63, 3.8) is 0 Å². The van der Waals surface area contributed by atoms with Crippen LogP contribution in [-0.2, 0) is 11.3 Å². The molecule has 0 aliphatic heterocycles. The van der Waals surface area contributed by atoms with Gasteiger partial charge in [0.1, 0.15) is 11.3 Å². The Morgan fingerprint density at radius 2 is 2.10 bits per heavy atom. The first-order valence-corrected chi connectivity index (χ1v) is 6.60. The molecule has 6 nitrogen and oxygen atoms in total. The molecule has 0 aliphatic carbocycles. The van der Waals surface area contributed by atoms with E-state index in [1.807, 2.05) is 29.7 Å². The van der Waals surface area contributed by atoms with Gasteiger partial charge in [-0.25, -0.2) is 9.97 Å². The van der Waals surface area contributed by atoms with Gasteiger partial charge in [0.05, 0.1) is 6.42 Å². The number of carbonyl (C=O) groups is 1. The lowest BCUT2D eigenvalue weighted by Gasteiger charge is -2.07. The van der Waals surface area contributed by atoms with Gasteiger partial charge in [0, 0.05) is 30.7 Å². The van der Waals surface area contributed by atoms with Crippen LogP contribution in [0, 0.1) is 6.92 Å². The SMILES string of the molecule is Cc1cnc2c(c1)nc(-c1ccncc1)n2CCC(=O)O. The van der Waals surface area contributed by atoms with E-state index in [1.165, 1.54) is 0 Å². The minimum atomic E-state index is -0.843. The van der Waals surface area contributed by atoms with Crippen LogP contribution in [0.15, 0.2) is 36.8 Å². The molecule has 6 heteroatoms. The van der Waals surface area contributed by atoms with E-state index in [1.54, 1.807) is 18.6 Å². The molecule has 3 rings (SSSR count). The molecule has 0 saturated heterocycles. The maximum atomic E-state index is 10.9. The Morgan fingerprint density at radius 1 is 1.33 bits per heavy atom. The van der Waals surface area contributed by atoms with Crippen LogP contribution in [0.1, 0.15) is 12.0 Å². The normalized spacial score (nSPS) is 10.9. The number of nitrogens with zero attached hydrogens (tertiary/aromatic N) is 4. The average molecular weight is 282 g/mol. The molecule has 21 heavy (non-hydrogen) atoms. The summed E-state index contributed by atoms with van der Waals surface area (Å²) in [4.78, 5) is 23.9. The standard InChI is InChI=1S/C15H14N4O2/c1-10-8-12-15(17-9-10)19(7-4-13(20)21)14(18-12)11-2-5-16-6-3-11/h2-3,5-6,8-9H,4,7H2,1H3,(H,20,21). The quantitative estimate of drug-likeness (QED) is 0.794. The summed E-state index contributed by atoms with van der Waals surface area (Å²) < 4.78 is 1.85. The molecular weight excluding hydrogens is 268 g/mol. The van der Waals surface area contributed by atoms with Gasteiger partial charge in [0.15, 0.2) is 5.65 Å². The minimum Gasteiger partial charge on any atom is -0.481 e. The zero-order chi connectivity index (χ0) is 14.8. The number of carboxylic acid groups (broad SMARTS) is 1. The number of aromatic nitrogens is 4. The van der Waals surface area contributed by atoms with Crippen molar-refractivity contribution in [2.75, 3.05) is 0 Å². The first-order chi connectivity index (χ1) is 10.1. The number of hydrogen-bond donors (Lipinski definition) is 1. The smallest absolute Gasteiger partial charge is 0.305 e. The predicted molar refractivity (Wildman–Crippen MR) is 77.7 cm³/mol. The Morgan fingerprint density at radius 3 is 2.81 bits per heavy atom. The predicted octanol–water partition coefficient (Wildman–Crippen LogP) is 2.28. The van der Waals surface area contributed by atoms with Gasteiger partial charge in [0.2, 0.25) is 0 Å². The van der Waals surface area contributed by atoms with Gasteiger partial charge < -0.3 is 9.67 Å². The first kappa shape index (κ1) is 13.2. The number of imidazole rings is 1. The highest BCUT2D eigenvalue weighted by Gasteiger charge is 2.14. The summed E-state index contributed by atoms with van der Waals surface area (Å²) in [5, 5.41) is 8.93. The number of aliphatic carboxylic acids is 1. The Balaban J connectivity index is 2.17. The van der Waals surface area contributed by atoms with Gasteiger partial charge in [0.25, 0.3) is 0 Å². The second-order valence-electron chi connectivity index (χ2n) is 4.82. The van der Waals surface area contributed by atoms with Crippen molar-refractivity contribution >= 4 is 17.1 Å². The zero-order valence-electron chi connectivity index (χ0n) is 11.5. The van der Waals surface area contributed by atoms with E-state index in [2.05, 4.69) is 15.0 Å². The molecule has 1 N–H and O–H groups in total. The lowest BCUT2D eigenvalue weighted by molar-refractivity contribution is -0.137. The molecule has 3 aromatic heterocycles. The van der Waals surface area contributed by atoms with Crippen molar-refractivity contribution in [3.8, 4) is 11.4 Å². The third-order valence-electron chi connectivity index (χ3n) is 3.21. The summed E-state index contributed by atoms with van der Waals surface area (Å²) in [6.45, 7) is 2.29. The molecule has 0 aromatic carbocycles. The molecule has 106 valence electrons. The van der Waals surface area contributed by atoms with Crippen molar-refractivity contribution in [1.82, 2.24) is 19.5 Å². The molecule has 0 amide bonds. The highest BCUT2D eigenvalue weighted by molar-refractivity contribution is 5.78. The fourth-order valence-corrected chi connectivity index (χ4v) is 2.25. The second kappa shape index (κ2) is 5.32. The molecule has 0 bridgehead atoms. The van der Waals surface area contributed by atoms with E-state index in [-0.39, 0.29) is 6.42 Å². The summed E-state index contributed by atoms with van der Waals surface area (Å²) in [6.07, 6.45) is 5.17. The molecule has 0 atom stereocenters. The topological polar surface area (TPSA) is 80.9 Å². The maximum absolute atomic E-state index is 10.9. The molecule has 3 heterocycles. The Hall–Kier alpha value is -2.76. The van der Waals surface area contributed by atoms with Crippen molar-refractivity contribution in [2.45, 2.75) is 19.9 Å². The minimum absolute atomic E-state index is 0.0269. The number of rotatable bonds is 4. The van der Waals surface area contributed by atoms with Crippen LogP contribution in [0.3, 0.4) is 0 Å². The van der Waals surface area contributed by atoms with Crippen LogP contribution in [0.4, 0.5) is 0 Å². The lowest BCUT2D eigenvalue weighted by Crippen LogP contribution is -2.06. The third-order valence-corrected chi connectivity index (χ3v) is 3.21. The monoisotopic (exact) mass is 282 g/mol. The average Bonchev–Trinajstić information content (AvgIpc) is 2.83.